The third-order valence-electron chi connectivity index (χ3n) is 4.55. The second kappa shape index (κ2) is 7.62. The molecule has 0 amide bonds. The summed E-state index contributed by atoms with van der Waals surface area (Å²) < 4.78 is 11.0. The molecule has 5 nitrogen and oxygen atoms in total. The van der Waals surface area contributed by atoms with Crippen molar-refractivity contribution in [3.05, 3.63) is 46.9 Å². The van der Waals surface area contributed by atoms with Gasteiger partial charge in [-0.1, -0.05) is 26.8 Å². The van der Waals surface area contributed by atoms with Crippen LogP contribution in [0.4, 0.5) is 5.82 Å². The number of nitrogens with zero attached hydrogens (tertiary/aromatic N) is 3. The van der Waals surface area contributed by atoms with Gasteiger partial charge in [0.05, 0.1) is 18.9 Å². The lowest BCUT2D eigenvalue weighted by Gasteiger charge is -2.31. The Morgan fingerprint density at radius 1 is 1.12 bits per heavy atom. The third-order valence-corrected chi connectivity index (χ3v) is 4.55. The number of anilines is 1. The smallest absolute Gasteiger partial charge is 0.136 e. The fourth-order valence-corrected chi connectivity index (χ4v) is 3.19. The Labute approximate surface area is 156 Å². The molecular formula is C21H29N3O2. The lowest BCUT2D eigenvalue weighted by atomic mass is 9.95. The Kier molecular flexibility index (Phi) is 5.47. The summed E-state index contributed by atoms with van der Waals surface area (Å²) in [4.78, 5) is 11.9. The van der Waals surface area contributed by atoms with Gasteiger partial charge in [-0.2, -0.15) is 0 Å². The predicted molar refractivity (Wildman–Crippen MR) is 104 cm³/mol. The molecule has 0 saturated heterocycles. The quantitative estimate of drug-likeness (QED) is 0.814. The summed E-state index contributed by atoms with van der Waals surface area (Å²) in [5, 5.41) is 0. The number of hydrogen-bond acceptors (Lipinski definition) is 5. The number of ether oxygens (including phenoxy) is 2. The van der Waals surface area contributed by atoms with Crippen molar-refractivity contribution >= 4 is 5.82 Å². The Balaban J connectivity index is 1.91. The second-order valence-electron chi connectivity index (χ2n) is 7.76. The Morgan fingerprint density at radius 3 is 2.62 bits per heavy atom. The number of hydrogen-bond donors (Lipinski definition) is 0. The standard InChI is InChI=1S/C21H29N3O2/c1-6-26-18-8-7-15-9-10-24(13-16(15)11-18)19-12-17(14-25-5)22-20(23-19)21(2,3)4/h7-8,11-12H,6,9-10,13-14H2,1-5H3. The van der Waals surface area contributed by atoms with Crippen LogP contribution < -0.4 is 9.64 Å². The van der Waals surface area contributed by atoms with E-state index in [1.165, 1.54) is 11.1 Å². The number of fused-ring (bicyclic) bond motifs is 1. The van der Waals surface area contributed by atoms with Crippen molar-refractivity contribution in [1.29, 1.82) is 0 Å². The van der Waals surface area contributed by atoms with Crippen molar-refractivity contribution in [3.63, 3.8) is 0 Å². The summed E-state index contributed by atoms with van der Waals surface area (Å²) in [5.41, 5.74) is 3.53. The monoisotopic (exact) mass is 355 g/mol. The summed E-state index contributed by atoms with van der Waals surface area (Å²) in [5.74, 6) is 2.77. The van der Waals surface area contributed by atoms with Crippen LogP contribution in [0.25, 0.3) is 0 Å². The molecule has 0 saturated carbocycles. The van der Waals surface area contributed by atoms with Crippen LogP contribution in [0.5, 0.6) is 5.75 Å². The third kappa shape index (κ3) is 4.15. The van der Waals surface area contributed by atoms with E-state index in [2.05, 4.69) is 54.9 Å². The van der Waals surface area contributed by atoms with Gasteiger partial charge in [-0.15, -0.1) is 0 Å². The molecule has 0 radical (unpaired) electrons. The summed E-state index contributed by atoms with van der Waals surface area (Å²) in [6.07, 6.45) is 1.01. The van der Waals surface area contributed by atoms with E-state index in [4.69, 9.17) is 14.5 Å². The largest absolute Gasteiger partial charge is 0.494 e. The van der Waals surface area contributed by atoms with E-state index in [0.29, 0.717) is 13.2 Å². The molecule has 5 heteroatoms. The molecule has 0 atom stereocenters. The van der Waals surface area contributed by atoms with E-state index in [1.54, 1.807) is 7.11 Å². The van der Waals surface area contributed by atoms with Crippen molar-refractivity contribution in [2.45, 2.75) is 52.7 Å². The van der Waals surface area contributed by atoms with E-state index in [0.717, 1.165) is 42.6 Å². The molecule has 140 valence electrons. The minimum Gasteiger partial charge on any atom is -0.494 e. The number of aromatic nitrogens is 2. The van der Waals surface area contributed by atoms with Gasteiger partial charge in [0.15, 0.2) is 0 Å². The van der Waals surface area contributed by atoms with Crippen molar-refractivity contribution in [2.24, 2.45) is 0 Å². The maximum atomic E-state index is 5.67. The summed E-state index contributed by atoms with van der Waals surface area (Å²) in [6.45, 7) is 11.4. The Hall–Kier alpha value is -2.14. The average Bonchev–Trinajstić information content (AvgIpc) is 2.61. The molecule has 0 unspecified atom stereocenters. The van der Waals surface area contributed by atoms with Crippen LogP contribution in [0.3, 0.4) is 0 Å². The van der Waals surface area contributed by atoms with E-state index in [-0.39, 0.29) is 5.41 Å². The van der Waals surface area contributed by atoms with E-state index in [9.17, 15) is 0 Å². The molecule has 0 fully saturated rings. The van der Waals surface area contributed by atoms with Crippen molar-refractivity contribution < 1.29 is 9.47 Å². The van der Waals surface area contributed by atoms with E-state index in [1.807, 2.05) is 6.92 Å². The first-order valence-corrected chi connectivity index (χ1v) is 9.27. The van der Waals surface area contributed by atoms with Crippen LogP contribution in [-0.4, -0.2) is 30.2 Å². The van der Waals surface area contributed by atoms with Crippen LogP contribution >= 0.6 is 0 Å². The normalized spacial score (nSPS) is 14.3. The zero-order valence-corrected chi connectivity index (χ0v) is 16.5. The second-order valence-corrected chi connectivity index (χ2v) is 7.76. The summed E-state index contributed by atoms with van der Waals surface area (Å²) in [6, 6.07) is 8.47. The van der Waals surface area contributed by atoms with E-state index < -0.39 is 0 Å². The molecule has 0 spiro atoms. The predicted octanol–water partition coefficient (Wildman–Crippen LogP) is 3.88. The molecule has 1 aromatic heterocycles. The van der Waals surface area contributed by atoms with Gasteiger partial charge in [-0.25, -0.2) is 9.97 Å². The van der Waals surface area contributed by atoms with Crippen LogP contribution in [0.2, 0.25) is 0 Å². The summed E-state index contributed by atoms with van der Waals surface area (Å²) >= 11 is 0. The van der Waals surface area contributed by atoms with Crippen molar-refractivity contribution in [1.82, 2.24) is 9.97 Å². The number of rotatable bonds is 5. The van der Waals surface area contributed by atoms with Gasteiger partial charge in [-0.3, -0.25) is 0 Å². The van der Waals surface area contributed by atoms with E-state index >= 15 is 0 Å². The first kappa shape index (κ1) is 18.6. The fraction of sp³-hybridized carbons (Fsp3) is 0.524. The van der Waals surface area contributed by atoms with Gasteiger partial charge < -0.3 is 14.4 Å². The first-order chi connectivity index (χ1) is 12.4. The van der Waals surface area contributed by atoms with Crippen molar-refractivity contribution in [3.8, 4) is 5.75 Å². The van der Waals surface area contributed by atoms with Crippen LogP contribution in [0, 0.1) is 0 Å². The van der Waals surface area contributed by atoms with Gasteiger partial charge in [-0.05, 0) is 36.6 Å². The topological polar surface area (TPSA) is 47.5 Å². The van der Waals surface area contributed by atoms with Crippen LogP contribution in [-0.2, 0) is 29.7 Å². The Bertz CT molecular complexity index is 768. The number of benzene rings is 1. The highest BCUT2D eigenvalue weighted by atomic mass is 16.5. The van der Waals surface area contributed by atoms with Gasteiger partial charge in [0, 0.05) is 31.7 Å². The maximum absolute atomic E-state index is 5.67. The van der Waals surface area contributed by atoms with Crippen LogP contribution in [0.1, 0.15) is 50.3 Å². The summed E-state index contributed by atoms with van der Waals surface area (Å²) in [7, 11) is 1.70. The molecular weight excluding hydrogens is 326 g/mol. The SMILES string of the molecule is CCOc1ccc2c(c1)CN(c1cc(COC)nc(C(C)(C)C)n1)CC2. The molecule has 1 aromatic carbocycles. The van der Waals surface area contributed by atoms with Gasteiger partial charge >= 0.3 is 0 Å². The van der Waals surface area contributed by atoms with Gasteiger partial charge in [0.25, 0.3) is 0 Å². The highest BCUT2D eigenvalue weighted by molar-refractivity contribution is 5.47. The molecule has 2 heterocycles. The first-order valence-electron chi connectivity index (χ1n) is 9.27. The maximum Gasteiger partial charge on any atom is 0.136 e. The van der Waals surface area contributed by atoms with Crippen LogP contribution in [0.15, 0.2) is 24.3 Å². The molecule has 2 aromatic rings. The zero-order chi connectivity index (χ0) is 18.7. The molecule has 3 rings (SSSR count). The zero-order valence-electron chi connectivity index (χ0n) is 16.5. The highest BCUT2D eigenvalue weighted by Gasteiger charge is 2.23. The van der Waals surface area contributed by atoms with Gasteiger partial charge in [0.2, 0.25) is 0 Å². The molecule has 1 aliphatic rings. The number of methoxy groups -OCH3 is 1. The fourth-order valence-electron chi connectivity index (χ4n) is 3.19. The molecule has 26 heavy (non-hydrogen) atoms. The Morgan fingerprint density at radius 2 is 1.92 bits per heavy atom. The molecule has 0 aliphatic carbocycles. The molecule has 0 N–H and O–H groups in total. The lowest BCUT2D eigenvalue weighted by Crippen LogP contribution is -2.32. The lowest BCUT2D eigenvalue weighted by molar-refractivity contribution is 0.181. The van der Waals surface area contributed by atoms with Gasteiger partial charge in [0.1, 0.15) is 17.4 Å². The minimum absolute atomic E-state index is 0.103. The molecule has 0 bridgehead atoms. The van der Waals surface area contributed by atoms with Crippen molar-refractivity contribution in [2.75, 3.05) is 25.2 Å². The minimum atomic E-state index is -0.103. The molecule has 1 aliphatic heterocycles. The highest BCUT2D eigenvalue weighted by Crippen LogP contribution is 2.28. The average molecular weight is 355 g/mol.